The maximum Gasteiger partial charge on any atom is 0.224 e. The summed E-state index contributed by atoms with van der Waals surface area (Å²) in [5, 5.41) is 15.7. The summed E-state index contributed by atoms with van der Waals surface area (Å²) in [5.74, 6) is 0.575. The van der Waals surface area contributed by atoms with E-state index in [0.29, 0.717) is 6.54 Å². The lowest BCUT2D eigenvalue weighted by Crippen LogP contribution is -2.37. The maximum absolute atomic E-state index is 11.7. The summed E-state index contributed by atoms with van der Waals surface area (Å²) in [7, 11) is 0. The summed E-state index contributed by atoms with van der Waals surface area (Å²) in [4.78, 5) is 11.7. The molecule has 1 saturated heterocycles. The van der Waals surface area contributed by atoms with Gasteiger partial charge in [0, 0.05) is 19.0 Å². The van der Waals surface area contributed by atoms with Crippen LogP contribution in [0.3, 0.4) is 0 Å². The van der Waals surface area contributed by atoms with E-state index in [1.807, 2.05) is 0 Å². The second-order valence-corrected chi connectivity index (χ2v) is 4.69. The number of nitrogens with one attached hydrogen (secondary N) is 2. The van der Waals surface area contributed by atoms with Gasteiger partial charge in [-0.2, -0.15) is 0 Å². The summed E-state index contributed by atoms with van der Waals surface area (Å²) < 4.78 is 0. The van der Waals surface area contributed by atoms with Crippen LogP contribution in [0.5, 0.6) is 0 Å². The van der Waals surface area contributed by atoms with E-state index in [9.17, 15) is 9.90 Å². The number of halogens is 1. The van der Waals surface area contributed by atoms with Crippen molar-refractivity contribution in [1.29, 1.82) is 0 Å². The minimum absolute atomic E-state index is 0. The molecule has 1 aliphatic carbocycles. The molecule has 1 saturated carbocycles. The van der Waals surface area contributed by atoms with Gasteiger partial charge in [-0.1, -0.05) is 6.42 Å². The third kappa shape index (κ3) is 3.34. The SMILES string of the molecule is Cl.O=C(NCC1CCCC1O)C1CCNC1. The van der Waals surface area contributed by atoms with Gasteiger partial charge in [0.05, 0.1) is 12.0 Å². The third-order valence-corrected chi connectivity index (χ3v) is 3.59. The van der Waals surface area contributed by atoms with E-state index in [1.165, 1.54) is 0 Å². The molecule has 0 aromatic heterocycles. The van der Waals surface area contributed by atoms with Gasteiger partial charge in [0.25, 0.3) is 0 Å². The number of carbonyl (C=O) groups excluding carboxylic acids is 1. The summed E-state index contributed by atoms with van der Waals surface area (Å²) in [5.41, 5.74) is 0. The van der Waals surface area contributed by atoms with E-state index in [-0.39, 0.29) is 36.3 Å². The molecule has 4 nitrogen and oxygen atoms in total. The van der Waals surface area contributed by atoms with Gasteiger partial charge < -0.3 is 15.7 Å². The molecule has 0 bridgehead atoms. The lowest BCUT2D eigenvalue weighted by atomic mass is 10.0. The highest BCUT2D eigenvalue weighted by atomic mass is 35.5. The molecule has 0 spiro atoms. The van der Waals surface area contributed by atoms with E-state index in [2.05, 4.69) is 10.6 Å². The lowest BCUT2D eigenvalue weighted by Gasteiger charge is -2.16. The molecule has 3 N–H and O–H groups in total. The van der Waals surface area contributed by atoms with Crippen LogP contribution in [-0.2, 0) is 4.79 Å². The number of amides is 1. The van der Waals surface area contributed by atoms with Crippen LogP contribution in [0.15, 0.2) is 0 Å². The van der Waals surface area contributed by atoms with Gasteiger partial charge in [0.1, 0.15) is 0 Å². The summed E-state index contributed by atoms with van der Waals surface area (Å²) >= 11 is 0. The van der Waals surface area contributed by atoms with Crippen molar-refractivity contribution in [3.8, 4) is 0 Å². The zero-order chi connectivity index (χ0) is 10.7. The van der Waals surface area contributed by atoms with Crippen molar-refractivity contribution in [1.82, 2.24) is 10.6 Å². The number of carbonyl (C=O) groups is 1. The molecule has 0 radical (unpaired) electrons. The molecular weight excluding hydrogens is 228 g/mol. The Morgan fingerprint density at radius 2 is 2.19 bits per heavy atom. The van der Waals surface area contributed by atoms with Gasteiger partial charge in [-0.15, -0.1) is 12.4 Å². The highest BCUT2D eigenvalue weighted by Crippen LogP contribution is 2.24. The predicted octanol–water partition coefficient (Wildman–Crippen LogP) is 0.295. The fraction of sp³-hybridized carbons (Fsp3) is 0.909. The molecule has 0 aromatic rings. The Labute approximate surface area is 103 Å². The number of aliphatic hydroxyl groups is 1. The van der Waals surface area contributed by atoms with E-state index in [1.54, 1.807) is 0 Å². The van der Waals surface area contributed by atoms with Crippen LogP contribution >= 0.6 is 12.4 Å². The first-order valence-corrected chi connectivity index (χ1v) is 5.94. The van der Waals surface area contributed by atoms with Gasteiger partial charge in [-0.25, -0.2) is 0 Å². The number of rotatable bonds is 3. The van der Waals surface area contributed by atoms with Crippen molar-refractivity contribution in [3.05, 3.63) is 0 Å². The van der Waals surface area contributed by atoms with E-state index in [4.69, 9.17) is 0 Å². The smallest absolute Gasteiger partial charge is 0.224 e. The van der Waals surface area contributed by atoms with Gasteiger partial charge in [-0.3, -0.25) is 4.79 Å². The summed E-state index contributed by atoms with van der Waals surface area (Å²) in [6.45, 7) is 2.40. The van der Waals surface area contributed by atoms with Crippen LogP contribution in [0.25, 0.3) is 0 Å². The fourth-order valence-corrected chi connectivity index (χ4v) is 2.51. The first-order chi connectivity index (χ1) is 7.27. The Hall–Kier alpha value is -0.320. The van der Waals surface area contributed by atoms with Crippen molar-refractivity contribution >= 4 is 18.3 Å². The van der Waals surface area contributed by atoms with Crippen LogP contribution in [0, 0.1) is 11.8 Å². The zero-order valence-electron chi connectivity index (χ0n) is 9.45. The maximum atomic E-state index is 11.7. The zero-order valence-corrected chi connectivity index (χ0v) is 10.3. The molecule has 3 atom stereocenters. The minimum Gasteiger partial charge on any atom is -0.393 e. The van der Waals surface area contributed by atoms with E-state index < -0.39 is 0 Å². The topological polar surface area (TPSA) is 61.4 Å². The Bertz CT molecular complexity index is 232. The fourth-order valence-electron chi connectivity index (χ4n) is 2.51. The second-order valence-electron chi connectivity index (χ2n) is 4.69. The summed E-state index contributed by atoms with van der Waals surface area (Å²) in [6, 6.07) is 0. The van der Waals surface area contributed by atoms with Gasteiger partial charge in [-0.05, 0) is 25.8 Å². The third-order valence-electron chi connectivity index (χ3n) is 3.59. The minimum atomic E-state index is -0.202. The van der Waals surface area contributed by atoms with Gasteiger partial charge in [0.15, 0.2) is 0 Å². The molecule has 3 unspecified atom stereocenters. The monoisotopic (exact) mass is 248 g/mol. The first kappa shape index (κ1) is 13.7. The lowest BCUT2D eigenvalue weighted by molar-refractivity contribution is -0.124. The van der Waals surface area contributed by atoms with Gasteiger partial charge in [0.2, 0.25) is 5.91 Å². The Kier molecular flexibility index (Phi) is 5.52. The number of aliphatic hydroxyl groups excluding tert-OH is 1. The quantitative estimate of drug-likeness (QED) is 0.673. The molecule has 94 valence electrons. The standard InChI is InChI=1S/C11H20N2O2.ClH/c14-10-3-1-2-8(10)7-13-11(15)9-4-5-12-6-9;/h8-10,12,14H,1-7H2,(H,13,15);1H. The normalized spacial score (nSPS) is 33.4. The number of hydrogen-bond acceptors (Lipinski definition) is 3. The van der Waals surface area contributed by atoms with Crippen molar-refractivity contribution < 1.29 is 9.90 Å². The van der Waals surface area contributed by atoms with Crippen LogP contribution in [0.2, 0.25) is 0 Å². The first-order valence-electron chi connectivity index (χ1n) is 5.94. The average molecular weight is 249 g/mol. The van der Waals surface area contributed by atoms with E-state index in [0.717, 1.165) is 38.8 Å². The summed E-state index contributed by atoms with van der Waals surface area (Å²) in [6.07, 6.45) is 3.77. The molecule has 16 heavy (non-hydrogen) atoms. The largest absolute Gasteiger partial charge is 0.393 e. The second kappa shape index (κ2) is 6.42. The van der Waals surface area contributed by atoms with Crippen molar-refractivity contribution in [3.63, 3.8) is 0 Å². The Morgan fingerprint density at radius 1 is 1.38 bits per heavy atom. The molecule has 0 aromatic carbocycles. The predicted molar refractivity (Wildman–Crippen MR) is 64.6 cm³/mol. The molecule has 2 aliphatic rings. The molecule has 2 rings (SSSR count). The van der Waals surface area contributed by atoms with Crippen LogP contribution < -0.4 is 10.6 Å². The average Bonchev–Trinajstić information content (AvgIpc) is 2.85. The Morgan fingerprint density at radius 3 is 2.75 bits per heavy atom. The van der Waals surface area contributed by atoms with Crippen LogP contribution in [0.4, 0.5) is 0 Å². The van der Waals surface area contributed by atoms with Crippen LogP contribution in [-0.4, -0.2) is 36.8 Å². The van der Waals surface area contributed by atoms with Gasteiger partial charge >= 0.3 is 0 Å². The van der Waals surface area contributed by atoms with E-state index >= 15 is 0 Å². The number of hydrogen-bond donors (Lipinski definition) is 3. The molecule has 1 heterocycles. The molecule has 1 aliphatic heterocycles. The van der Waals surface area contributed by atoms with Crippen molar-refractivity contribution in [2.45, 2.75) is 31.8 Å². The molecule has 1 amide bonds. The molecular formula is C11H21ClN2O2. The van der Waals surface area contributed by atoms with Crippen molar-refractivity contribution in [2.24, 2.45) is 11.8 Å². The highest BCUT2D eigenvalue weighted by Gasteiger charge is 2.27. The van der Waals surface area contributed by atoms with Crippen molar-refractivity contribution in [2.75, 3.05) is 19.6 Å². The van der Waals surface area contributed by atoms with Crippen LogP contribution in [0.1, 0.15) is 25.7 Å². The molecule has 2 fully saturated rings. The Balaban J connectivity index is 0.00000128. The molecule has 5 heteroatoms. The highest BCUT2D eigenvalue weighted by molar-refractivity contribution is 5.85.